The van der Waals surface area contributed by atoms with E-state index in [1.807, 2.05) is 23.9 Å². The van der Waals surface area contributed by atoms with Gasteiger partial charge in [0.05, 0.1) is 6.10 Å². The van der Waals surface area contributed by atoms with Crippen molar-refractivity contribution >= 4 is 17.2 Å². The molecule has 3 aromatic rings. The van der Waals surface area contributed by atoms with Crippen LogP contribution in [-0.2, 0) is 16.0 Å². The van der Waals surface area contributed by atoms with Crippen molar-refractivity contribution < 1.29 is 18.3 Å². The largest absolute Gasteiger partial charge is 0.421 e. The number of nitrogens with zero attached hydrogens (tertiary/aromatic N) is 3. The van der Waals surface area contributed by atoms with Crippen LogP contribution in [0.25, 0.3) is 11.5 Å². The van der Waals surface area contributed by atoms with E-state index in [1.54, 1.807) is 28.4 Å². The molecule has 1 fully saturated rings. The molecule has 2 atom stereocenters. The number of amides is 1. The second-order valence-electron chi connectivity index (χ2n) is 7.11. The standard InChI is InChI=1S/C21H22FN3O3S/c1-25(17-8-10-27-18(12-17)14-2-4-16(22)5-3-14)20(26)7-6-19-23-24-21(28-19)15-9-11-29-13-15/h2-5,9,11,13,17-18H,6-8,10,12H2,1H3. The molecule has 29 heavy (non-hydrogen) atoms. The van der Waals surface area contributed by atoms with Gasteiger partial charge in [0.25, 0.3) is 0 Å². The van der Waals surface area contributed by atoms with Gasteiger partial charge in [0.2, 0.25) is 17.7 Å². The van der Waals surface area contributed by atoms with Gasteiger partial charge >= 0.3 is 0 Å². The van der Waals surface area contributed by atoms with Crippen LogP contribution in [0.4, 0.5) is 4.39 Å². The molecule has 0 spiro atoms. The number of carbonyl (C=O) groups is 1. The summed E-state index contributed by atoms with van der Waals surface area (Å²) in [4.78, 5) is 14.5. The van der Waals surface area contributed by atoms with Crippen molar-refractivity contribution in [1.82, 2.24) is 15.1 Å². The van der Waals surface area contributed by atoms with Gasteiger partial charge in [-0.25, -0.2) is 4.39 Å². The quantitative estimate of drug-likeness (QED) is 0.602. The van der Waals surface area contributed by atoms with Gasteiger partial charge in [-0.05, 0) is 42.0 Å². The highest BCUT2D eigenvalue weighted by molar-refractivity contribution is 7.08. The highest BCUT2D eigenvalue weighted by Gasteiger charge is 2.29. The summed E-state index contributed by atoms with van der Waals surface area (Å²) in [5.74, 6) is 0.708. The maximum atomic E-state index is 13.2. The normalized spacial score (nSPS) is 19.2. The molecule has 6 nitrogen and oxygen atoms in total. The van der Waals surface area contributed by atoms with Crippen molar-refractivity contribution in [3.05, 3.63) is 58.4 Å². The molecule has 0 saturated carbocycles. The van der Waals surface area contributed by atoms with Gasteiger partial charge < -0.3 is 14.1 Å². The van der Waals surface area contributed by atoms with Crippen LogP contribution in [0.3, 0.4) is 0 Å². The Morgan fingerprint density at radius 1 is 1.28 bits per heavy atom. The van der Waals surface area contributed by atoms with Crippen LogP contribution in [0, 0.1) is 5.82 Å². The first-order valence-corrected chi connectivity index (χ1v) is 10.5. The predicted octanol–water partition coefficient (Wildman–Crippen LogP) is 4.25. The first-order chi connectivity index (χ1) is 14.1. The van der Waals surface area contributed by atoms with Gasteiger partial charge in [0.1, 0.15) is 5.82 Å². The fourth-order valence-electron chi connectivity index (χ4n) is 3.49. The second kappa shape index (κ2) is 8.84. The van der Waals surface area contributed by atoms with E-state index in [0.717, 1.165) is 17.5 Å². The highest BCUT2D eigenvalue weighted by Crippen LogP contribution is 2.30. The lowest BCUT2D eigenvalue weighted by atomic mass is 9.96. The minimum absolute atomic E-state index is 0.0324. The molecule has 1 aliphatic heterocycles. The number of carbonyl (C=O) groups excluding carboxylic acids is 1. The van der Waals surface area contributed by atoms with Crippen LogP contribution in [-0.4, -0.2) is 40.7 Å². The third kappa shape index (κ3) is 4.71. The first-order valence-electron chi connectivity index (χ1n) is 9.58. The molecule has 0 radical (unpaired) electrons. The summed E-state index contributed by atoms with van der Waals surface area (Å²) in [6.45, 7) is 0.567. The van der Waals surface area contributed by atoms with Gasteiger partial charge in [-0.1, -0.05) is 12.1 Å². The summed E-state index contributed by atoms with van der Waals surface area (Å²) in [7, 11) is 1.82. The molecule has 4 rings (SSSR count). The molecule has 0 N–H and O–H groups in total. The molecular formula is C21H22FN3O3S. The van der Waals surface area contributed by atoms with E-state index in [-0.39, 0.29) is 23.9 Å². The van der Waals surface area contributed by atoms with E-state index in [9.17, 15) is 9.18 Å². The summed E-state index contributed by atoms with van der Waals surface area (Å²) in [6.07, 6.45) is 2.05. The number of aryl methyl sites for hydroxylation is 1. The second-order valence-corrected chi connectivity index (χ2v) is 7.89. The summed E-state index contributed by atoms with van der Waals surface area (Å²) < 4.78 is 24.7. The van der Waals surface area contributed by atoms with E-state index in [0.29, 0.717) is 37.7 Å². The molecule has 1 amide bonds. The molecule has 2 unspecified atom stereocenters. The summed E-state index contributed by atoms with van der Waals surface area (Å²) >= 11 is 1.56. The number of benzene rings is 1. The van der Waals surface area contributed by atoms with Gasteiger partial charge in [-0.3, -0.25) is 4.79 Å². The Bertz CT molecular complexity index is 943. The van der Waals surface area contributed by atoms with Crippen LogP contribution in [0.2, 0.25) is 0 Å². The van der Waals surface area contributed by atoms with Crippen molar-refractivity contribution in [3.8, 4) is 11.5 Å². The highest BCUT2D eigenvalue weighted by atomic mass is 32.1. The van der Waals surface area contributed by atoms with E-state index in [2.05, 4.69) is 10.2 Å². The number of hydrogen-bond acceptors (Lipinski definition) is 6. The van der Waals surface area contributed by atoms with Crippen molar-refractivity contribution in [2.24, 2.45) is 0 Å². The zero-order chi connectivity index (χ0) is 20.2. The molecule has 1 aromatic carbocycles. The average molecular weight is 415 g/mol. The molecule has 0 aliphatic carbocycles. The lowest BCUT2D eigenvalue weighted by Crippen LogP contribution is -2.41. The Balaban J connectivity index is 1.32. The summed E-state index contributed by atoms with van der Waals surface area (Å²) in [5.41, 5.74) is 1.83. The minimum atomic E-state index is -0.267. The monoisotopic (exact) mass is 415 g/mol. The molecule has 2 aromatic heterocycles. The molecule has 0 bridgehead atoms. The zero-order valence-electron chi connectivity index (χ0n) is 16.1. The van der Waals surface area contributed by atoms with Crippen molar-refractivity contribution in [2.75, 3.05) is 13.7 Å². The summed E-state index contributed by atoms with van der Waals surface area (Å²) in [5, 5.41) is 12.0. The lowest BCUT2D eigenvalue weighted by Gasteiger charge is -2.35. The Morgan fingerprint density at radius 2 is 2.10 bits per heavy atom. The smallest absolute Gasteiger partial charge is 0.248 e. The Kier molecular flexibility index (Phi) is 6.01. The van der Waals surface area contributed by atoms with E-state index < -0.39 is 0 Å². The fraction of sp³-hybridized carbons (Fsp3) is 0.381. The lowest BCUT2D eigenvalue weighted by molar-refractivity contribution is -0.135. The van der Waals surface area contributed by atoms with Gasteiger partial charge in [0, 0.05) is 43.5 Å². The topological polar surface area (TPSA) is 68.5 Å². The molecule has 152 valence electrons. The number of hydrogen-bond donors (Lipinski definition) is 0. The third-order valence-corrected chi connectivity index (χ3v) is 5.91. The predicted molar refractivity (Wildman–Crippen MR) is 107 cm³/mol. The van der Waals surface area contributed by atoms with Crippen LogP contribution >= 0.6 is 11.3 Å². The van der Waals surface area contributed by atoms with Crippen molar-refractivity contribution in [2.45, 2.75) is 37.8 Å². The van der Waals surface area contributed by atoms with Gasteiger partial charge in [-0.2, -0.15) is 11.3 Å². The van der Waals surface area contributed by atoms with Crippen LogP contribution in [0.5, 0.6) is 0 Å². The Labute approximate surface area is 172 Å². The molecule has 3 heterocycles. The number of aromatic nitrogens is 2. The zero-order valence-corrected chi connectivity index (χ0v) is 16.9. The van der Waals surface area contributed by atoms with Crippen LogP contribution < -0.4 is 0 Å². The minimum Gasteiger partial charge on any atom is -0.421 e. The molecule has 8 heteroatoms. The average Bonchev–Trinajstić information content (AvgIpc) is 3.44. The van der Waals surface area contributed by atoms with E-state index in [4.69, 9.17) is 9.15 Å². The fourth-order valence-corrected chi connectivity index (χ4v) is 4.12. The van der Waals surface area contributed by atoms with Crippen LogP contribution in [0.1, 0.15) is 36.8 Å². The third-order valence-electron chi connectivity index (χ3n) is 5.23. The number of rotatable bonds is 6. The Hall–Kier alpha value is -2.58. The van der Waals surface area contributed by atoms with E-state index >= 15 is 0 Å². The van der Waals surface area contributed by atoms with Gasteiger partial charge in [0.15, 0.2) is 0 Å². The number of thiophene rings is 1. The van der Waals surface area contributed by atoms with Crippen LogP contribution in [0.15, 0.2) is 45.5 Å². The number of ether oxygens (including phenoxy) is 1. The Morgan fingerprint density at radius 3 is 2.86 bits per heavy atom. The molecule has 1 aliphatic rings. The van der Waals surface area contributed by atoms with E-state index in [1.165, 1.54) is 12.1 Å². The first kappa shape index (κ1) is 19.7. The maximum Gasteiger partial charge on any atom is 0.248 e. The molecule has 1 saturated heterocycles. The van der Waals surface area contributed by atoms with Gasteiger partial charge in [-0.15, -0.1) is 10.2 Å². The number of halogens is 1. The molecular weight excluding hydrogens is 393 g/mol. The maximum absolute atomic E-state index is 13.2. The van der Waals surface area contributed by atoms with Crippen molar-refractivity contribution in [1.29, 1.82) is 0 Å². The summed E-state index contributed by atoms with van der Waals surface area (Å²) in [6, 6.07) is 8.35. The SMILES string of the molecule is CN(C(=O)CCc1nnc(-c2ccsc2)o1)C1CCOC(c2ccc(F)cc2)C1. The van der Waals surface area contributed by atoms with Crippen molar-refractivity contribution in [3.63, 3.8) is 0 Å².